The number of rotatable bonds is 8. The predicted octanol–water partition coefficient (Wildman–Crippen LogP) is 2.31. The molecule has 20 heavy (non-hydrogen) atoms. The van der Waals surface area contributed by atoms with Crippen molar-refractivity contribution in [3.8, 4) is 5.88 Å². The van der Waals surface area contributed by atoms with E-state index < -0.39 is 0 Å². The summed E-state index contributed by atoms with van der Waals surface area (Å²) in [6.07, 6.45) is 0. The molecule has 0 aromatic carbocycles. The molecule has 0 aliphatic carbocycles. The normalized spacial score (nSPS) is 11.2. The number of nitrogens with two attached hydrogens (primary N) is 1. The summed E-state index contributed by atoms with van der Waals surface area (Å²) in [5.41, 5.74) is 6.52. The molecule has 0 aliphatic heterocycles. The van der Waals surface area contributed by atoms with Crippen LogP contribution >= 0.6 is 0 Å². The number of nitrogens with one attached hydrogen (secondary N) is 1. The Morgan fingerprint density at radius 2 is 1.85 bits per heavy atom. The molecule has 3 N–H and O–H groups in total. The Morgan fingerprint density at radius 1 is 1.15 bits per heavy atom. The van der Waals surface area contributed by atoms with Crippen molar-refractivity contribution in [1.82, 2.24) is 9.97 Å². The Hall–Kier alpha value is -1.56. The zero-order chi connectivity index (χ0) is 15.1. The summed E-state index contributed by atoms with van der Waals surface area (Å²) < 4.78 is 10.7. The van der Waals surface area contributed by atoms with Gasteiger partial charge in [0.2, 0.25) is 5.88 Å². The molecule has 0 bridgehead atoms. The van der Waals surface area contributed by atoms with E-state index in [4.69, 9.17) is 15.2 Å². The first kappa shape index (κ1) is 16.5. The summed E-state index contributed by atoms with van der Waals surface area (Å²) in [5.74, 6) is 2.50. The van der Waals surface area contributed by atoms with Crippen LogP contribution < -0.4 is 15.8 Å². The molecule has 114 valence electrons. The number of methoxy groups -OCH3 is 1. The highest BCUT2D eigenvalue weighted by atomic mass is 16.5. The third-order valence-electron chi connectivity index (χ3n) is 2.46. The maximum absolute atomic E-state index is 6.07. The lowest BCUT2D eigenvalue weighted by Crippen LogP contribution is -2.15. The monoisotopic (exact) mass is 282 g/mol. The Bertz CT molecular complexity index is 389. The number of hydrogen-bond acceptors (Lipinski definition) is 6. The summed E-state index contributed by atoms with van der Waals surface area (Å²) in [7, 11) is 1.61. The van der Waals surface area contributed by atoms with E-state index in [1.807, 2.05) is 0 Å². The number of nitrogen functional groups attached to an aromatic ring is 1. The molecule has 0 amide bonds. The Balaban J connectivity index is 2.95. The van der Waals surface area contributed by atoms with E-state index in [1.165, 1.54) is 0 Å². The van der Waals surface area contributed by atoms with Crippen molar-refractivity contribution >= 4 is 11.5 Å². The quantitative estimate of drug-likeness (QED) is 0.761. The van der Waals surface area contributed by atoms with Gasteiger partial charge < -0.3 is 20.5 Å². The Morgan fingerprint density at radius 3 is 2.40 bits per heavy atom. The molecule has 0 saturated heterocycles. The largest absolute Gasteiger partial charge is 0.476 e. The van der Waals surface area contributed by atoms with Crippen molar-refractivity contribution < 1.29 is 9.47 Å². The van der Waals surface area contributed by atoms with E-state index in [9.17, 15) is 0 Å². The van der Waals surface area contributed by atoms with E-state index in [2.05, 4.69) is 43.0 Å². The number of nitrogens with zero attached hydrogens (tertiary/aromatic N) is 2. The standard InChI is InChI=1S/C14H26N4O2/c1-9(2)6-16-13-12(15)14(20-7-10(3)4)18-11(17-13)8-19-5/h9-10H,6-8,15H2,1-5H3,(H,16,17,18). The minimum Gasteiger partial charge on any atom is -0.476 e. The minimum absolute atomic E-state index is 0.328. The number of anilines is 2. The predicted molar refractivity (Wildman–Crippen MR) is 80.8 cm³/mol. The van der Waals surface area contributed by atoms with Crippen LogP contribution in [0, 0.1) is 11.8 Å². The van der Waals surface area contributed by atoms with Gasteiger partial charge in [-0.1, -0.05) is 27.7 Å². The fourth-order valence-electron chi connectivity index (χ4n) is 1.48. The van der Waals surface area contributed by atoms with Crippen LogP contribution in [0.3, 0.4) is 0 Å². The molecule has 1 aromatic rings. The molecule has 6 heteroatoms. The molecule has 0 unspecified atom stereocenters. The lowest BCUT2D eigenvalue weighted by molar-refractivity contribution is 0.176. The smallest absolute Gasteiger partial charge is 0.242 e. The highest BCUT2D eigenvalue weighted by Gasteiger charge is 2.14. The van der Waals surface area contributed by atoms with Gasteiger partial charge in [-0.3, -0.25) is 0 Å². The first-order chi connectivity index (χ1) is 9.43. The second kappa shape index (κ2) is 7.89. The second-order valence-corrected chi connectivity index (χ2v) is 5.62. The van der Waals surface area contributed by atoms with Gasteiger partial charge in [0.05, 0.1) is 6.61 Å². The van der Waals surface area contributed by atoms with Crippen LogP contribution in [0.4, 0.5) is 11.5 Å². The average molecular weight is 282 g/mol. The zero-order valence-corrected chi connectivity index (χ0v) is 13.1. The fraction of sp³-hybridized carbons (Fsp3) is 0.714. The van der Waals surface area contributed by atoms with E-state index >= 15 is 0 Å². The van der Waals surface area contributed by atoms with Gasteiger partial charge in [-0.15, -0.1) is 0 Å². The van der Waals surface area contributed by atoms with Crippen molar-refractivity contribution in [3.63, 3.8) is 0 Å². The molecule has 0 saturated carbocycles. The molecule has 6 nitrogen and oxygen atoms in total. The van der Waals surface area contributed by atoms with Crippen molar-refractivity contribution in [2.24, 2.45) is 11.8 Å². The molecular formula is C14H26N4O2. The maximum atomic E-state index is 6.07. The van der Waals surface area contributed by atoms with Gasteiger partial charge in [-0.2, -0.15) is 4.98 Å². The third-order valence-corrected chi connectivity index (χ3v) is 2.46. The maximum Gasteiger partial charge on any atom is 0.242 e. The first-order valence-electron chi connectivity index (χ1n) is 6.96. The lowest BCUT2D eigenvalue weighted by atomic mass is 10.2. The lowest BCUT2D eigenvalue weighted by Gasteiger charge is -2.15. The number of hydrogen-bond donors (Lipinski definition) is 2. The fourth-order valence-corrected chi connectivity index (χ4v) is 1.48. The molecule has 0 radical (unpaired) electrons. The van der Waals surface area contributed by atoms with Crippen LogP contribution in [0.2, 0.25) is 0 Å². The van der Waals surface area contributed by atoms with Crippen molar-refractivity contribution in [2.75, 3.05) is 31.3 Å². The minimum atomic E-state index is 0.328. The van der Waals surface area contributed by atoms with Crippen molar-refractivity contribution in [2.45, 2.75) is 34.3 Å². The van der Waals surface area contributed by atoms with Gasteiger partial charge in [0.1, 0.15) is 12.3 Å². The number of aromatic nitrogens is 2. The molecule has 1 heterocycles. The van der Waals surface area contributed by atoms with E-state index in [-0.39, 0.29) is 0 Å². The molecular weight excluding hydrogens is 256 g/mol. The summed E-state index contributed by atoms with van der Waals surface area (Å²) in [6.45, 7) is 10.1. The van der Waals surface area contributed by atoms with Gasteiger partial charge in [0.15, 0.2) is 11.6 Å². The molecule has 1 rings (SSSR count). The SMILES string of the molecule is COCc1nc(NCC(C)C)c(N)c(OCC(C)C)n1. The molecule has 0 aliphatic rings. The molecule has 1 aromatic heterocycles. The van der Waals surface area contributed by atoms with Crippen LogP contribution in [0.1, 0.15) is 33.5 Å². The third kappa shape index (κ3) is 5.21. The van der Waals surface area contributed by atoms with Crippen molar-refractivity contribution in [1.29, 1.82) is 0 Å². The van der Waals surface area contributed by atoms with Crippen LogP contribution in [0.5, 0.6) is 5.88 Å². The summed E-state index contributed by atoms with van der Waals surface area (Å²) in [6, 6.07) is 0. The Kier molecular flexibility index (Phi) is 6.51. The van der Waals surface area contributed by atoms with Gasteiger partial charge in [0.25, 0.3) is 0 Å². The van der Waals surface area contributed by atoms with Crippen LogP contribution in [-0.2, 0) is 11.3 Å². The number of ether oxygens (including phenoxy) is 2. The molecule has 0 spiro atoms. The Labute approximate surface area is 121 Å². The van der Waals surface area contributed by atoms with Crippen LogP contribution in [-0.4, -0.2) is 30.2 Å². The molecule has 0 atom stereocenters. The van der Waals surface area contributed by atoms with E-state index in [1.54, 1.807) is 7.11 Å². The van der Waals surface area contributed by atoms with Crippen LogP contribution in [0.15, 0.2) is 0 Å². The van der Waals surface area contributed by atoms with E-state index in [0.29, 0.717) is 48.3 Å². The second-order valence-electron chi connectivity index (χ2n) is 5.62. The highest BCUT2D eigenvalue weighted by molar-refractivity contribution is 5.66. The molecule has 0 fully saturated rings. The zero-order valence-electron chi connectivity index (χ0n) is 13.1. The van der Waals surface area contributed by atoms with Crippen LogP contribution in [0.25, 0.3) is 0 Å². The topological polar surface area (TPSA) is 82.3 Å². The summed E-state index contributed by atoms with van der Waals surface area (Å²) in [5, 5.41) is 3.23. The van der Waals surface area contributed by atoms with Crippen molar-refractivity contribution in [3.05, 3.63) is 5.82 Å². The van der Waals surface area contributed by atoms with Gasteiger partial charge in [-0.25, -0.2) is 4.98 Å². The van der Waals surface area contributed by atoms with E-state index in [0.717, 1.165) is 6.54 Å². The van der Waals surface area contributed by atoms with Gasteiger partial charge in [-0.05, 0) is 11.8 Å². The van der Waals surface area contributed by atoms with Gasteiger partial charge >= 0.3 is 0 Å². The average Bonchev–Trinajstić information content (AvgIpc) is 2.37. The summed E-state index contributed by atoms with van der Waals surface area (Å²) >= 11 is 0. The van der Waals surface area contributed by atoms with Gasteiger partial charge in [0, 0.05) is 13.7 Å². The highest BCUT2D eigenvalue weighted by Crippen LogP contribution is 2.26. The first-order valence-corrected chi connectivity index (χ1v) is 6.96. The summed E-state index contributed by atoms with van der Waals surface area (Å²) in [4.78, 5) is 8.67.